The summed E-state index contributed by atoms with van der Waals surface area (Å²) in [5, 5.41) is 0. The fourth-order valence-electron chi connectivity index (χ4n) is 3.06. The maximum Gasteiger partial charge on any atom is 0.246 e. The van der Waals surface area contributed by atoms with Gasteiger partial charge >= 0.3 is 0 Å². The lowest BCUT2D eigenvalue weighted by Crippen LogP contribution is -2.50. The summed E-state index contributed by atoms with van der Waals surface area (Å²) < 4.78 is 64.6. The first-order valence-electron chi connectivity index (χ1n) is 8.78. The van der Waals surface area contributed by atoms with E-state index in [0.717, 1.165) is 0 Å². The number of hydrogen-bond donors (Lipinski definition) is 1. The second kappa shape index (κ2) is 8.19. The van der Waals surface area contributed by atoms with Gasteiger partial charge in [0.15, 0.2) is 0 Å². The van der Waals surface area contributed by atoms with Gasteiger partial charge in [0, 0.05) is 37.9 Å². The van der Waals surface area contributed by atoms with Crippen molar-refractivity contribution in [1.29, 1.82) is 0 Å². The Morgan fingerprint density at radius 1 is 0.793 bits per heavy atom. The molecule has 0 saturated carbocycles. The summed E-state index contributed by atoms with van der Waals surface area (Å²) in [5.41, 5.74) is 6.08. The number of benzene rings is 2. The summed E-state index contributed by atoms with van der Waals surface area (Å²) in [6.45, 7) is 0.129. The van der Waals surface area contributed by atoms with Crippen molar-refractivity contribution in [2.75, 3.05) is 46.1 Å². The highest BCUT2D eigenvalue weighted by atomic mass is 32.2. The van der Waals surface area contributed by atoms with Gasteiger partial charge in [0.05, 0.1) is 19.1 Å². The molecule has 0 bridgehead atoms. The fourth-order valence-corrected chi connectivity index (χ4v) is 6.08. The van der Waals surface area contributed by atoms with E-state index in [0.29, 0.717) is 11.4 Å². The molecule has 2 aromatic carbocycles. The molecular weight excluding hydrogens is 418 g/mol. The van der Waals surface area contributed by atoms with Gasteiger partial charge in [-0.1, -0.05) is 0 Å². The van der Waals surface area contributed by atoms with Crippen molar-refractivity contribution >= 4 is 25.7 Å². The van der Waals surface area contributed by atoms with E-state index >= 15 is 0 Å². The second-order valence-corrected chi connectivity index (χ2v) is 10.2. The predicted octanol–water partition coefficient (Wildman–Crippen LogP) is 0.981. The third-order valence-corrected chi connectivity index (χ3v) is 8.54. The molecule has 1 fully saturated rings. The summed E-state index contributed by atoms with van der Waals surface area (Å²) in [6.07, 6.45) is 0. The lowest BCUT2D eigenvalue weighted by atomic mass is 10.3. The summed E-state index contributed by atoms with van der Waals surface area (Å²) >= 11 is 0. The zero-order valence-corrected chi connectivity index (χ0v) is 17.7. The number of hydrogen-bond acceptors (Lipinski definition) is 7. The molecule has 1 heterocycles. The van der Waals surface area contributed by atoms with Crippen LogP contribution in [-0.2, 0) is 20.0 Å². The molecular formula is C18H23N3O6S2. The van der Waals surface area contributed by atoms with Gasteiger partial charge in [-0.2, -0.15) is 8.61 Å². The number of nitrogens with two attached hydrogens (primary N) is 1. The molecule has 0 aromatic heterocycles. The van der Waals surface area contributed by atoms with Crippen LogP contribution < -0.4 is 15.2 Å². The first kappa shape index (κ1) is 21.4. The van der Waals surface area contributed by atoms with Crippen molar-refractivity contribution in [3.63, 3.8) is 0 Å². The monoisotopic (exact) mass is 441 g/mol. The average molecular weight is 442 g/mol. The molecule has 2 aromatic rings. The van der Waals surface area contributed by atoms with Gasteiger partial charge in [-0.15, -0.1) is 0 Å². The highest BCUT2D eigenvalue weighted by Gasteiger charge is 2.35. The summed E-state index contributed by atoms with van der Waals surface area (Å²) in [7, 11) is -4.78. The molecule has 11 heteroatoms. The molecule has 1 saturated heterocycles. The smallest absolute Gasteiger partial charge is 0.246 e. The predicted molar refractivity (Wildman–Crippen MR) is 108 cm³/mol. The largest absolute Gasteiger partial charge is 0.497 e. The number of ether oxygens (including phenoxy) is 2. The van der Waals surface area contributed by atoms with E-state index < -0.39 is 20.0 Å². The zero-order valence-electron chi connectivity index (χ0n) is 16.1. The number of nitrogen functional groups attached to an aromatic ring is 1. The van der Waals surface area contributed by atoms with Crippen LogP contribution in [0.4, 0.5) is 5.69 Å². The van der Waals surface area contributed by atoms with Gasteiger partial charge in [-0.05, 0) is 36.4 Å². The molecule has 0 atom stereocenters. The van der Waals surface area contributed by atoms with Crippen molar-refractivity contribution in [3.05, 3.63) is 42.5 Å². The van der Waals surface area contributed by atoms with Crippen LogP contribution in [0.15, 0.2) is 52.3 Å². The Labute approximate surface area is 170 Å². The van der Waals surface area contributed by atoms with Crippen LogP contribution in [0.2, 0.25) is 0 Å². The quantitative estimate of drug-likeness (QED) is 0.664. The highest BCUT2D eigenvalue weighted by molar-refractivity contribution is 7.89. The molecule has 1 aliphatic heterocycles. The number of piperazine rings is 1. The van der Waals surface area contributed by atoms with Crippen LogP contribution in [0.5, 0.6) is 11.5 Å². The molecule has 29 heavy (non-hydrogen) atoms. The number of anilines is 1. The van der Waals surface area contributed by atoms with Crippen LogP contribution in [0.1, 0.15) is 0 Å². The van der Waals surface area contributed by atoms with Crippen LogP contribution in [-0.4, -0.2) is 65.8 Å². The fraction of sp³-hybridized carbons (Fsp3) is 0.333. The van der Waals surface area contributed by atoms with Crippen molar-refractivity contribution in [2.24, 2.45) is 0 Å². The lowest BCUT2D eigenvalue weighted by molar-refractivity contribution is 0.272. The minimum absolute atomic E-state index is 0.0193. The van der Waals surface area contributed by atoms with Crippen LogP contribution in [0.25, 0.3) is 0 Å². The molecule has 0 radical (unpaired) electrons. The van der Waals surface area contributed by atoms with E-state index in [9.17, 15) is 16.8 Å². The Balaban J connectivity index is 1.81. The summed E-state index contributed by atoms with van der Waals surface area (Å²) in [5.74, 6) is 0.580. The SMILES string of the molecule is COc1ccc(OC)c(S(=O)(=O)N2CCN(S(=O)(=O)c3ccc(N)cc3)CC2)c1. The van der Waals surface area contributed by atoms with E-state index in [1.807, 2.05) is 0 Å². The van der Waals surface area contributed by atoms with Crippen molar-refractivity contribution < 1.29 is 26.3 Å². The van der Waals surface area contributed by atoms with Gasteiger partial charge in [0.1, 0.15) is 16.4 Å². The van der Waals surface area contributed by atoms with Crippen LogP contribution >= 0.6 is 0 Å². The maximum atomic E-state index is 13.1. The minimum Gasteiger partial charge on any atom is -0.497 e. The maximum absolute atomic E-state index is 13.1. The molecule has 9 nitrogen and oxygen atoms in total. The van der Waals surface area contributed by atoms with Crippen molar-refractivity contribution in [1.82, 2.24) is 8.61 Å². The number of rotatable bonds is 6. The number of sulfonamides is 2. The summed E-state index contributed by atoms with van der Waals surface area (Å²) in [4.78, 5) is 0.103. The first-order chi connectivity index (χ1) is 13.7. The topological polar surface area (TPSA) is 119 Å². The molecule has 2 N–H and O–H groups in total. The summed E-state index contributed by atoms with van der Waals surface area (Å²) in [6, 6.07) is 10.4. The second-order valence-electron chi connectivity index (χ2n) is 6.39. The molecule has 0 unspecified atom stereocenters. The Hall–Kier alpha value is -2.34. The number of nitrogens with zero attached hydrogens (tertiary/aromatic N) is 2. The van der Waals surface area contributed by atoms with Gasteiger partial charge in [0.25, 0.3) is 0 Å². The first-order valence-corrected chi connectivity index (χ1v) is 11.7. The standard InChI is InChI=1S/C18H23N3O6S2/c1-26-15-5-8-17(27-2)18(13-15)29(24,25)21-11-9-20(10-12-21)28(22,23)16-6-3-14(19)4-7-16/h3-8,13H,9-12,19H2,1-2H3. The van der Waals surface area contributed by atoms with Gasteiger partial charge < -0.3 is 15.2 Å². The van der Waals surface area contributed by atoms with E-state index in [2.05, 4.69) is 0 Å². The Kier molecular flexibility index (Phi) is 6.03. The van der Waals surface area contributed by atoms with Gasteiger partial charge in [-0.3, -0.25) is 0 Å². The molecule has 0 aliphatic carbocycles. The van der Waals surface area contributed by atoms with E-state index in [1.165, 1.54) is 59.2 Å². The molecule has 3 rings (SSSR count). The van der Waals surface area contributed by atoms with E-state index in [-0.39, 0.29) is 41.7 Å². The Morgan fingerprint density at radius 3 is 1.86 bits per heavy atom. The third-order valence-electron chi connectivity index (χ3n) is 4.70. The zero-order chi connectivity index (χ0) is 21.2. The van der Waals surface area contributed by atoms with Crippen molar-refractivity contribution in [3.8, 4) is 11.5 Å². The molecule has 1 aliphatic rings. The minimum atomic E-state index is -3.89. The Bertz CT molecular complexity index is 1080. The van der Waals surface area contributed by atoms with Crippen LogP contribution in [0, 0.1) is 0 Å². The molecule has 0 amide bonds. The van der Waals surface area contributed by atoms with E-state index in [1.54, 1.807) is 6.07 Å². The highest BCUT2D eigenvalue weighted by Crippen LogP contribution is 2.31. The van der Waals surface area contributed by atoms with Gasteiger partial charge in [-0.25, -0.2) is 16.8 Å². The van der Waals surface area contributed by atoms with Crippen molar-refractivity contribution in [2.45, 2.75) is 9.79 Å². The normalized spacial score (nSPS) is 16.5. The van der Waals surface area contributed by atoms with Gasteiger partial charge in [0.2, 0.25) is 20.0 Å². The average Bonchev–Trinajstić information content (AvgIpc) is 2.73. The molecule has 0 spiro atoms. The lowest BCUT2D eigenvalue weighted by Gasteiger charge is -2.33. The molecule has 158 valence electrons. The third kappa shape index (κ3) is 4.17. The van der Waals surface area contributed by atoms with Crippen LogP contribution in [0.3, 0.4) is 0 Å². The number of methoxy groups -OCH3 is 2. The van der Waals surface area contributed by atoms with E-state index in [4.69, 9.17) is 15.2 Å². The Morgan fingerprint density at radius 2 is 1.34 bits per heavy atom.